The molecule has 1 aliphatic heterocycles. The summed E-state index contributed by atoms with van der Waals surface area (Å²) in [6.07, 6.45) is 2.25. The van der Waals surface area contributed by atoms with Crippen LogP contribution in [0.25, 0.3) is 0 Å². The first-order valence-electron chi connectivity index (χ1n) is 10.4. The van der Waals surface area contributed by atoms with Gasteiger partial charge in [0, 0.05) is 43.6 Å². The van der Waals surface area contributed by atoms with Gasteiger partial charge in [-0.2, -0.15) is 0 Å². The summed E-state index contributed by atoms with van der Waals surface area (Å²) < 4.78 is 23.9. The number of furan rings is 1. The molecule has 1 aliphatic rings. The molecular formula is C24H24FN3O4. The Bertz CT molecular complexity index is 1050. The summed E-state index contributed by atoms with van der Waals surface area (Å²) in [6, 6.07) is 16.5. The van der Waals surface area contributed by atoms with E-state index in [1.54, 1.807) is 53.4 Å². The van der Waals surface area contributed by atoms with Crippen molar-refractivity contribution in [1.29, 1.82) is 0 Å². The average Bonchev–Trinajstić information content (AvgIpc) is 3.23. The van der Waals surface area contributed by atoms with Gasteiger partial charge in [0.1, 0.15) is 11.6 Å². The fraction of sp³-hybridized carbons (Fsp3) is 0.250. The smallest absolute Gasteiger partial charge is 0.291 e. The molecule has 166 valence electrons. The Morgan fingerprint density at radius 2 is 1.84 bits per heavy atom. The van der Waals surface area contributed by atoms with Gasteiger partial charge in [-0.1, -0.05) is 6.07 Å². The number of hydrogen-bond acceptors (Lipinski definition) is 5. The first kappa shape index (κ1) is 21.4. The maximum atomic E-state index is 13.2. The van der Waals surface area contributed by atoms with Crippen LogP contribution in [0.3, 0.4) is 0 Å². The van der Waals surface area contributed by atoms with Gasteiger partial charge in [-0.05, 0) is 55.0 Å². The third-order valence-corrected chi connectivity index (χ3v) is 5.24. The lowest BCUT2D eigenvalue weighted by Crippen LogP contribution is -2.38. The normalized spacial score (nSPS) is 14.0. The molecule has 1 saturated heterocycles. The first-order chi connectivity index (χ1) is 15.6. The van der Waals surface area contributed by atoms with Crippen molar-refractivity contribution in [2.45, 2.75) is 6.42 Å². The molecule has 2 aromatic carbocycles. The van der Waals surface area contributed by atoms with Crippen LogP contribution in [-0.4, -0.2) is 49.5 Å². The lowest BCUT2D eigenvalue weighted by Gasteiger charge is -2.23. The zero-order valence-corrected chi connectivity index (χ0v) is 17.5. The maximum absolute atomic E-state index is 13.2. The number of nitrogens with zero attached hydrogens (tertiary/aromatic N) is 2. The molecule has 0 bridgehead atoms. The van der Waals surface area contributed by atoms with Crippen molar-refractivity contribution in [2.24, 2.45) is 0 Å². The van der Waals surface area contributed by atoms with Crippen molar-refractivity contribution < 1.29 is 23.1 Å². The summed E-state index contributed by atoms with van der Waals surface area (Å²) in [7, 11) is 0. The molecule has 0 aliphatic carbocycles. The van der Waals surface area contributed by atoms with Crippen LogP contribution in [0.15, 0.2) is 71.3 Å². The van der Waals surface area contributed by atoms with Crippen LogP contribution in [0.5, 0.6) is 5.75 Å². The van der Waals surface area contributed by atoms with Crippen molar-refractivity contribution in [2.75, 3.05) is 43.0 Å². The SMILES string of the molecule is O=C(Nc1cccc(OCC(=O)N2CCCN(c3ccc(F)cc3)CC2)c1)c1ccco1. The number of nitrogens with one attached hydrogen (secondary N) is 1. The average molecular weight is 437 g/mol. The Kier molecular flexibility index (Phi) is 6.69. The molecule has 1 fully saturated rings. The van der Waals surface area contributed by atoms with E-state index in [2.05, 4.69) is 10.2 Å². The highest BCUT2D eigenvalue weighted by atomic mass is 19.1. The largest absolute Gasteiger partial charge is 0.484 e. The lowest BCUT2D eigenvalue weighted by molar-refractivity contribution is -0.133. The van der Waals surface area contributed by atoms with E-state index in [1.807, 2.05) is 0 Å². The quantitative estimate of drug-likeness (QED) is 0.635. The highest BCUT2D eigenvalue weighted by Crippen LogP contribution is 2.20. The zero-order chi connectivity index (χ0) is 22.3. The van der Waals surface area contributed by atoms with Crippen molar-refractivity contribution in [3.05, 3.63) is 78.5 Å². The third kappa shape index (κ3) is 5.46. The van der Waals surface area contributed by atoms with Gasteiger partial charge in [-0.25, -0.2) is 4.39 Å². The molecular weight excluding hydrogens is 413 g/mol. The Morgan fingerprint density at radius 1 is 1.00 bits per heavy atom. The lowest BCUT2D eigenvalue weighted by atomic mass is 10.2. The molecule has 32 heavy (non-hydrogen) atoms. The van der Waals surface area contributed by atoms with E-state index in [0.717, 1.165) is 18.7 Å². The van der Waals surface area contributed by atoms with Crippen LogP contribution in [0, 0.1) is 5.82 Å². The molecule has 8 heteroatoms. The molecule has 0 radical (unpaired) electrons. The van der Waals surface area contributed by atoms with E-state index < -0.39 is 0 Å². The van der Waals surface area contributed by atoms with Gasteiger partial charge < -0.3 is 24.3 Å². The van der Waals surface area contributed by atoms with Crippen molar-refractivity contribution >= 4 is 23.2 Å². The molecule has 0 atom stereocenters. The van der Waals surface area contributed by atoms with Crippen LogP contribution < -0.4 is 15.0 Å². The Hall–Kier alpha value is -3.81. The van der Waals surface area contributed by atoms with Gasteiger partial charge in [-0.15, -0.1) is 0 Å². The van der Waals surface area contributed by atoms with E-state index in [1.165, 1.54) is 18.4 Å². The van der Waals surface area contributed by atoms with Crippen molar-refractivity contribution in [3.8, 4) is 5.75 Å². The van der Waals surface area contributed by atoms with Gasteiger partial charge >= 0.3 is 0 Å². The summed E-state index contributed by atoms with van der Waals surface area (Å²) in [5.41, 5.74) is 1.49. The van der Waals surface area contributed by atoms with Crippen LogP contribution in [0.1, 0.15) is 17.0 Å². The molecule has 7 nitrogen and oxygen atoms in total. The summed E-state index contributed by atoms with van der Waals surface area (Å²) in [5, 5.41) is 2.73. The van der Waals surface area contributed by atoms with Gasteiger partial charge in [0.25, 0.3) is 11.8 Å². The standard InChI is InChI=1S/C24H24FN3O4/c25-18-7-9-20(10-8-18)27-11-3-12-28(14-13-27)23(29)17-32-21-5-1-4-19(16-21)26-24(30)22-6-2-15-31-22/h1-2,4-10,15-16H,3,11-14,17H2,(H,26,30). The Labute approximate surface area is 185 Å². The predicted molar refractivity (Wildman–Crippen MR) is 118 cm³/mol. The summed E-state index contributed by atoms with van der Waals surface area (Å²) in [4.78, 5) is 28.7. The van der Waals surface area contributed by atoms with Crippen LogP contribution >= 0.6 is 0 Å². The molecule has 1 N–H and O–H groups in total. The van der Waals surface area contributed by atoms with Crippen LogP contribution in [-0.2, 0) is 4.79 Å². The van der Waals surface area contributed by atoms with Gasteiger partial charge in [0.05, 0.1) is 6.26 Å². The van der Waals surface area contributed by atoms with Crippen molar-refractivity contribution in [1.82, 2.24) is 4.90 Å². The minimum absolute atomic E-state index is 0.0911. The molecule has 2 amide bonds. The number of carbonyl (C=O) groups is 2. The van der Waals surface area contributed by atoms with Crippen LogP contribution in [0.2, 0.25) is 0 Å². The Balaban J connectivity index is 1.29. The van der Waals surface area contributed by atoms with E-state index in [-0.39, 0.29) is 30.0 Å². The number of rotatable bonds is 6. The van der Waals surface area contributed by atoms with E-state index in [0.29, 0.717) is 31.1 Å². The second-order valence-corrected chi connectivity index (χ2v) is 7.45. The second kappa shape index (κ2) is 10.00. The number of benzene rings is 2. The number of halogens is 1. The van der Waals surface area contributed by atoms with E-state index >= 15 is 0 Å². The predicted octanol–water partition coefficient (Wildman–Crippen LogP) is 3.79. The minimum atomic E-state index is -0.362. The number of ether oxygens (including phenoxy) is 1. The van der Waals surface area contributed by atoms with E-state index in [9.17, 15) is 14.0 Å². The van der Waals surface area contributed by atoms with Crippen LogP contribution in [0.4, 0.5) is 15.8 Å². The number of carbonyl (C=O) groups excluding carboxylic acids is 2. The Morgan fingerprint density at radius 3 is 2.62 bits per heavy atom. The molecule has 0 spiro atoms. The number of hydrogen-bond donors (Lipinski definition) is 1. The van der Waals surface area contributed by atoms with Gasteiger partial charge in [0.15, 0.2) is 12.4 Å². The van der Waals surface area contributed by atoms with Crippen molar-refractivity contribution in [3.63, 3.8) is 0 Å². The highest BCUT2D eigenvalue weighted by molar-refractivity contribution is 6.02. The number of amides is 2. The molecule has 2 heterocycles. The number of anilines is 2. The first-order valence-corrected chi connectivity index (χ1v) is 10.4. The molecule has 0 unspecified atom stereocenters. The molecule has 4 rings (SSSR count). The minimum Gasteiger partial charge on any atom is -0.484 e. The highest BCUT2D eigenvalue weighted by Gasteiger charge is 2.20. The summed E-state index contributed by atoms with van der Waals surface area (Å²) in [5.74, 6) is -0.0303. The molecule has 1 aromatic heterocycles. The van der Waals surface area contributed by atoms with Gasteiger partial charge in [0.2, 0.25) is 0 Å². The zero-order valence-electron chi connectivity index (χ0n) is 17.5. The monoisotopic (exact) mass is 437 g/mol. The van der Waals surface area contributed by atoms with E-state index in [4.69, 9.17) is 9.15 Å². The maximum Gasteiger partial charge on any atom is 0.291 e. The summed E-state index contributed by atoms with van der Waals surface area (Å²) in [6.45, 7) is 2.59. The molecule has 3 aromatic rings. The van der Waals surface area contributed by atoms with Gasteiger partial charge in [-0.3, -0.25) is 9.59 Å². The topological polar surface area (TPSA) is 75.0 Å². The fourth-order valence-corrected chi connectivity index (χ4v) is 3.58. The summed E-state index contributed by atoms with van der Waals surface area (Å²) >= 11 is 0. The second-order valence-electron chi connectivity index (χ2n) is 7.45. The fourth-order valence-electron chi connectivity index (χ4n) is 3.58. The third-order valence-electron chi connectivity index (χ3n) is 5.24. The molecule has 0 saturated carbocycles.